The molecule has 1 aromatic rings. The van der Waals surface area contributed by atoms with Gasteiger partial charge in [0.15, 0.2) is 5.11 Å². The molecule has 19 heavy (non-hydrogen) atoms. The number of carbonyl (C=O) groups excluding carboxylic acids is 2. The number of hydrogen-bond acceptors (Lipinski definition) is 3. The van der Waals surface area contributed by atoms with E-state index in [4.69, 9.17) is 23.8 Å². The number of carbonyl (C=O) groups is 2. The van der Waals surface area contributed by atoms with Crippen molar-refractivity contribution in [2.75, 3.05) is 0 Å². The summed E-state index contributed by atoms with van der Waals surface area (Å²) in [5.41, 5.74) is 5.10. The smallest absolute Gasteiger partial charge is 0.271 e. The van der Waals surface area contributed by atoms with Gasteiger partial charge < -0.3 is 5.32 Å². The minimum absolute atomic E-state index is 0.0269. The first kappa shape index (κ1) is 15.4. The molecule has 1 rings (SSSR count). The Hall–Kier alpha value is -1.66. The molecule has 0 radical (unpaired) electrons. The Labute approximate surface area is 121 Å². The summed E-state index contributed by atoms with van der Waals surface area (Å²) in [5, 5.41) is 2.79. The summed E-state index contributed by atoms with van der Waals surface area (Å²) in [7, 11) is 0. The highest BCUT2D eigenvalue weighted by Gasteiger charge is 2.11. The first-order valence-corrected chi connectivity index (χ1v) is 6.36. The topological polar surface area (TPSA) is 70.2 Å². The van der Waals surface area contributed by atoms with Gasteiger partial charge in [-0.15, -0.1) is 0 Å². The molecular weight excluding hydrogens is 286 g/mol. The second-order valence-electron chi connectivity index (χ2n) is 4.03. The van der Waals surface area contributed by atoms with Gasteiger partial charge in [-0.2, -0.15) is 0 Å². The minimum atomic E-state index is -0.438. The van der Waals surface area contributed by atoms with Crippen molar-refractivity contribution in [3.05, 3.63) is 34.9 Å². The predicted molar refractivity (Wildman–Crippen MR) is 77.6 cm³/mol. The van der Waals surface area contributed by atoms with Crippen molar-refractivity contribution in [1.29, 1.82) is 0 Å². The monoisotopic (exact) mass is 299 g/mol. The molecule has 5 nitrogen and oxygen atoms in total. The largest absolute Gasteiger partial charge is 0.302 e. The van der Waals surface area contributed by atoms with E-state index in [0.717, 1.165) is 0 Å². The molecule has 0 atom stereocenters. The van der Waals surface area contributed by atoms with E-state index in [1.807, 2.05) is 0 Å². The van der Waals surface area contributed by atoms with E-state index in [9.17, 15) is 9.59 Å². The van der Waals surface area contributed by atoms with Crippen molar-refractivity contribution in [3.8, 4) is 0 Å². The molecule has 102 valence electrons. The van der Waals surface area contributed by atoms with Crippen molar-refractivity contribution in [3.63, 3.8) is 0 Å². The SMILES string of the molecule is CC(C)C(=O)NC(=S)NNC(=O)c1ccccc1Cl. The number of thiocarbonyl (C=S) groups is 1. The molecule has 0 fully saturated rings. The van der Waals surface area contributed by atoms with Crippen LogP contribution in [0.25, 0.3) is 0 Å². The lowest BCUT2D eigenvalue weighted by atomic mass is 10.2. The maximum absolute atomic E-state index is 11.8. The first-order chi connectivity index (χ1) is 8.91. The van der Waals surface area contributed by atoms with E-state index in [0.29, 0.717) is 10.6 Å². The zero-order valence-corrected chi connectivity index (χ0v) is 12.1. The second-order valence-corrected chi connectivity index (χ2v) is 4.85. The summed E-state index contributed by atoms with van der Waals surface area (Å²) >= 11 is 10.7. The van der Waals surface area contributed by atoms with Crippen LogP contribution in [0.1, 0.15) is 24.2 Å². The minimum Gasteiger partial charge on any atom is -0.302 e. The summed E-state index contributed by atoms with van der Waals surface area (Å²) in [4.78, 5) is 23.1. The van der Waals surface area contributed by atoms with Gasteiger partial charge in [-0.1, -0.05) is 37.6 Å². The van der Waals surface area contributed by atoms with Crippen LogP contribution in [0.3, 0.4) is 0 Å². The molecule has 0 unspecified atom stereocenters. The average molecular weight is 300 g/mol. The molecule has 0 aliphatic rings. The van der Waals surface area contributed by atoms with E-state index in [2.05, 4.69) is 16.2 Å². The van der Waals surface area contributed by atoms with Crippen molar-refractivity contribution in [2.45, 2.75) is 13.8 Å². The fourth-order valence-electron chi connectivity index (χ4n) is 1.11. The third-order valence-corrected chi connectivity index (χ3v) is 2.70. The standard InChI is InChI=1S/C12H14ClN3O2S/c1-7(2)10(17)14-12(19)16-15-11(18)8-5-3-4-6-9(8)13/h3-7H,1-2H3,(H,15,18)(H2,14,16,17,19). The van der Waals surface area contributed by atoms with Crippen molar-refractivity contribution in [1.82, 2.24) is 16.2 Å². The lowest BCUT2D eigenvalue weighted by molar-refractivity contribution is -0.122. The number of halogens is 1. The van der Waals surface area contributed by atoms with Gasteiger partial charge >= 0.3 is 0 Å². The van der Waals surface area contributed by atoms with Crippen LogP contribution in [0.2, 0.25) is 5.02 Å². The highest BCUT2D eigenvalue weighted by Crippen LogP contribution is 2.13. The highest BCUT2D eigenvalue weighted by atomic mass is 35.5. The van der Waals surface area contributed by atoms with Crippen LogP contribution >= 0.6 is 23.8 Å². The van der Waals surface area contributed by atoms with Crippen LogP contribution in [0, 0.1) is 5.92 Å². The number of hydrazine groups is 1. The Balaban J connectivity index is 2.49. The van der Waals surface area contributed by atoms with Crippen LogP contribution in [0.4, 0.5) is 0 Å². The van der Waals surface area contributed by atoms with Crippen molar-refractivity contribution < 1.29 is 9.59 Å². The molecule has 0 heterocycles. The molecule has 0 aliphatic heterocycles. The van der Waals surface area contributed by atoms with Crippen LogP contribution in [0.5, 0.6) is 0 Å². The predicted octanol–water partition coefficient (Wildman–Crippen LogP) is 1.63. The van der Waals surface area contributed by atoms with Crippen LogP contribution in [0.15, 0.2) is 24.3 Å². The Morgan fingerprint density at radius 2 is 1.84 bits per heavy atom. The Kier molecular flexibility index (Phi) is 5.72. The molecule has 0 aromatic heterocycles. The molecule has 0 spiro atoms. The fourth-order valence-corrected chi connectivity index (χ4v) is 1.49. The Bertz CT molecular complexity index is 506. The zero-order valence-electron chi connectivity index (χ0n) is 10.5. The van der Waals surface area contributed by atoms with Gasteiger partial charge in [0, 0.05) is 5.92 Å². The van der Waals surface area contributed by atoms with Gasteiger partial charge in [0.25, 0.3) is 5.91 Å². The first-order valence-electron chi connectivity index (χ1n) is 5.57. The van der Waals surface area contributed by atoms with Crippen molar-refractivity contribution >= 4 is 40.7 Å². The maximum atomic E-state index is 11.8. The molecular formula is C12H14ClN3O2S. The van der Waals surface area contributed by atoms with Gasteiger partial charge in [-0.3, -0.25) is 20.4 Å². The van der Waals surface area contributed by atoms with E-state index >= 15 is 0 Å². The van der Waals surface area contributed by atoms with Gasteiger partial charge in [0.1, 0.15) is 0 Å². The highest BCUT2D eigenvalue weighted by molar-refractivity contribution is 7.80. The molecule has 3 N–H and O–H groups in total. The quantitative estimate of drug-likeness (QED) is 0.573. The molecule has 0 bridgehead atoms. The summed E-state index contributed by atoms with van der Waals surface area (Å²) in [5.74, 6) is -0.866. The second kappa shape index (κ2) is 7.06. The van der Waals surface area contributed by atoms with Gasteiger partial charge in [0.05, 0.1) is 10.6 Å². The Morgan fingerprint density at radius 3 is 2.42 bits per heavy atom. The van der Waals surface area contributed by atoms with E-state index in [1.54, 1.807) is 38.1 Å². The lowest BCUT2D eigenvalue weighted by Gasteiger charge is -2.12. The number of nitrogens with one attached hydrogen (secondary N) is 3. The molecule has 7 heteroatoms. The van der Waals surface area contributed by atoms with Gasteiger partial charge in [-0.25, -0.2) is 0 Å². The summed E-state index contributed by atoms with van der Waals surface area (Å²) in [6, 6.07) is 6.60. The number of benzene rings is 1. The summed E-state index contributed by atoms with van der Waals surface area (Å²) in [6.07, 6.45) is 0. The number of amides is 2. The van der Waals surface area contributed by atoms with Crippen molar-refractivity contribution in [2.24, 2.45) is 5.92 Å². The average Bonchev–Trinajstić information content (AvgIpc) is 2.36. The molecule has 0 saturated heterocycles. The summed E-state index contributed by atoms with van der Waals surface area (Å²) in [6.45, 7) is 3.47. The molecule has 1 aromatic carbocycles. The van der Waals surface area contributed by atoms with Crippen LogP contribution in [-0.2, 0) is 4.79 Å². The van der Waals surface area contributed by atoms with Gasteiger partial charge in [0.2, 0.25) is 5.91 Å². The van der Waals surface area contributed by atoms with Crippen LogP contribution in [-0.4, -0.2) is 16.9 Å². The Morgan fingerprint density at radius 1 is 1.21 bits per heavy atom. The summed E-state index contributed by atoms with van der Waals surface area (Å²) < 4.78 is 0. The van der Waals surface area contributed by atoms with Gasteiger partial charge in [-0.05, 0) is 24.4 Å². The normalized spacial score (nSPS) is 9.89. The van der Waals surface area contributed by atoms with E-state index in [1.165, 1.54) is 0 Å². The van der Waals surface area contributed by atoms with Crippen LogP contribution < -0.4 is 16.2 Å². The third-order valence-electron chi connectivity index (χ3n) is 2.17. The van der Waals surface area contributed by atoms with E-state index in [-0.39, 0.29) is 16.9 Å². The number of hydrogen-bond donors (Lipinski definition) is 3. The maximum Gasteiger partial charge on any atom is 0.271 e. The zero-order chi connectivity index (χ0) is 14.4. The lowest BCUT2D eigenvalue weighted by Crippen LogP contribution is -2.49. The fraction of sp³-hybridized carbons (Fsp3) is 0.250. The number of rotatable bonds is 2. The third kappa shape index (κ3) is 4.84. The molecule has 0 saturated carbocycles. The molecule has 0 aliphatic carbocycles. The van der Waals surface area contributed by atoms with E-state index < -0.39 is 5.91 Å². The molecule has 2 amide bonds.